The van der Waals surface area contributed by atoms with E-state index in [9.17, 15) is 9.59 Å². The summed E-state index contributed by atoms with van der Waals surface area (Å²) in [6.07, 6.45) is 1.34. The molecule has 0 radical (unpaired) electrons. The summed E-state index contributed by atoms with van der Waals surface area (Å²) in [6, 6.07) is 17.6. The Morgan fingerprint density at radius 3 is 2.50 bits per heavy atom. The van der Waals surface area contributed by atoms with Gasteiger partial charge in [-0.05, 0) is 37.0 Å². The van der Waals surface area contributed by atoms with Gasteiger partial charge in [0.1, 0.15) is 0 Å². The van der Waals surface area contributed by atoms with Crippen LogP contribution in [0.1, 0.15) is 34.1 Å². The molecular formula is C23H24N2O3. The van der Waals surface area contributed by atoms with Crippen molar-refractivity contribution in [2.45, 2.75) is 26.7 Å². The second kappa shape index (κ2) is 9.13. The molecule has 5 nitrogen and oxygen atoms in total. The fourth-order valence-electron chi connectivity index (χ4n) is 3.21. The summed E-state index contributed by atoms with van der Waals surface area (Å²) < 4.78 is 5.27. The van der Waals surface area contributed by atoms with Crippen molar-refractivity contribution in [3.63, 3.8) is 0 Å². The van der Waals surface area contributed by atoms with Gasteiger partial charge in [0.15, 0.2) is 6.61 Å². The van der Waals surface area contributed by atoms with Gasteiger partial charge in [0.25, 0.3) is 5.91 Å². The van der Waals surface area contributed by atoms with Crippen molar-refractivity contribution < 1.29 is 14.3 Å². The molecule has 0 saturated heterocycles. The SMILES string of the molecule is CCc1nc2ccccc2c(C)c1C(=O)OCC(=O)NCCc1ccccc1. The van der Waals surface area contributed by atoms with Gasteiger partial charge < -0.3 is 10.1 Å². The molecule has 0 aliphatic carbocycles. The summed E-state index contributed by atoms with van der Waals surface area (Å²) in [5.41, 5.74) is 3.97. The number of rotatable bonds is 7. The number of aromatic nitrogens is 1. The largest absolute Gasteiger partial charge is 0.452 e. The van der Waals surface area contributed by atoms with Gasteiger partial charge in [-0.2, -0.15) is 0 Å². The van der Waals surface area contributed by atoms with Crippen molar-refractivity contribution in [1.82, 2.24) is 10.3 Å². The zero-order chi connectivity index (χ0) is 19.9. The molecule has 1 aromatic heterocycles. The molecule has 2 aromatic carbocycles. The number of esters is 1. The van der Waals surface area contributed by atoms with Gasteiger partial charge in [-0.3, -0.25) is 9.78 Å². The van der Waals surface area contributed by atoms with Crippen LogP contribution in [0.5, 0.6) is 0 Å². The number of carbonyl (C=O) groups is 2. The highest BCUT2D eigenvalue weighted by atomic mass is 16.5. The van der Waals surface area contributed by atoms with Crippen LogP contribution in [0.25, 0.3) is 10.9 Å². The third-order valence-electron chi connectivity index (χ3n) is 4.68. The zero-order valence-electron chi connectivity index (χ0n) is 16.2. The Morgan fingerprint density at radius 2 is 1.75 bits per heavy atom. The molecule has 144 valence electrons. The summed E-state index contributed by atoms with van der Waals surface area (Å²) in [7, 11) is 0. The van der Waals surface area contributed by atoms with E-state index >= 15 is 0 Å². The van der Waals surface area contributed by atoms with E-state index in [0.29, 0.717) is 24.2 Å². The number of hydrogen-bond donors (Lipinski definition) is 1. The standard InChI is InChI=1S/C23H24N2O3/c1-3-19-22(16(2)18-11-7-8-12-20(18)25-19)23(27)28-15-21(26)24-14-13-17-9-5-4-6-10-17/h4-12H,3,13-15H2,1-2H3,(H,24,26). The second-order valence-electron chi connectivity index (χ2n) is 6.59. The lowest BCUT2D eigenvalue weighted by Crippen LogP contribution is -2.30. The first-order valence-corrected chi connectivity index (χ1v) is 9.46. The van der Waals surface area contributed by atoms with Crippen LogP contribution in [-0.4, -0.2) is 30.0 Å². The van der Waals surface area contributed by atoms with Crippen LogP contribution in [0.4, 0.5) is 0 Å². The molecule has 0 spiro atoms. The van der Waals surface area contributed by atoms with Crippen LogP contribution in [0, 0.1) is 6.92 Å². The van der Waals surface area contributed by atoms with Crippen molar-refractivity contribution in [3.8, 4) is 0 Å². The molecule has 0 aliphatic rings. The fourth-order valence-corrected chi connectivity index (χ4v) is 3.21. The minimum absolute atomic E-state index is 0.303. The Bertz CT molecular complexity index is 984. The Hall–Kier alpha value is -3.21. The minimum Gasteiger partial charge on any atom is -0.452 e. The summed E-state index contributed by atoms with van der Waals surface area (Å²) in [4.78, 5) is 29.2. The monoisotopic (exact) mass is 376 g/mol. The lowest BCUT2D eigenvalue weighted by atomic mass is 10.0. The molecule has 0 atom stereocenters. The van der Waals surface area contributed by atoms with Crippen LogP contribution in [-0.2, 0) is 22.4 Å². The number of ether oxygens (including phenoxy) is 1. The van der Waals surface area contributed by atoms with Gasteiger partial charge in [-0.15, -0.1) is 0 Å². The summed E-state index contributed by atoms with van der Waals surface area (Å²) in [6.45, 7) is 4.03. The van der Waals surface area contributed by atoms with E-state index < -0.39 is 5.97 Å². The smallest absolute Gasteiger partial charge is 0.340 e. The van der Waals surface area contributed by atoms with E-state index in [-0.39, 0.29) is 12.5 Å². The van der Waals surface area contributed by atoms with E-state index in [1.807, 2.05) is 68.4 Å². The second-order valence-corrected chi connectivity index (χ2v) is 6.59. The predicted molar refractivity (Wildman–Crippen MR) is 109 cm³/mol. The highest BCUT2D eigenvalue weighted by molar-refractivity contribution is 5.99. The average Bonchev–Trinajstić information content (AvgIpc) is 2.72. The number of nitrogens with zero attached hydrogens (tertiary/aromatic N) is 1. The molecule has 0 aliphatic heterocycles. The Morgan fingerprint density at radius 1 is 1.04 bits per heavy atom. The maximum absolute atomic E-state index is 12.6. The molecule has 1 amide bonds. The van der Waals surface area contributed by atoms with Crippen LogP contribution >= 0.6 is 0 Å². The molecule has 0 saturated carbocycles. The summed E-state index contributed by atoms with van der Waals surface area (Å²) in [5.74, 6) is -0.820. The maximum Gasteiger partial charge on any atom is 0.340 e. The number of aryl methyl sites for hydroxylation is 2. The number of nitrogens with one attached hydrogen (secondary N) is 1. The number of amides is 1. The molecule has 1 heterocycles. The Balaban J connectivity index is 1.61. The van der Waals surface area contributed by atoms with Gasteiger partial charge in [-0.25, -0.2) is 4.79 Å². The van der Waals surface area contributed by atoms with Crippen molar-refractivity contribution in [3.05, 3.63) is 77.0 Å². The first-order chi connectivity index (χ1) is 13.6. The first kappa shape index (κ1) is 19.5. The van der Waals surface area contributed by atoms with Crippen LogP contribution in [0.15, 0.2) is 54.6 Å². The molecule has 0 unspecified atom stereocenters. The maximum atomic E-state index is 12.6. The van der Waals surface area contributed by atoms with Crippen molar-refractivity contribution in [2.24, 2.45) is 0 Å². The van der Waals surface area contributed by atoms with Crippen molar-refractivity contribution in [1.29, 1.82) is 0 Å². The lowest BCUT2D eigenvalue weighted by Gasteiger charge is -2.13. The molecule has 5 heteroatoms. The molecule has 0 bridgehead atoms. The Kier molecular flexibility index (Phi) is 6.37. The van der Waals surface area contributed by atoms with Gasteiger partial charge in [0.2, 0.25) is 0 Å². The highest BCUT2D eigenvalue weighted by Crippen LogP contribution is 2.24. The Labute approximate surface area is 164 Å². The summed E-state index contributed by atoms with van der Waals surface area (Å²) >= 11 is 0. The van der Waals surface area contributed by atoms with E-state index in [1.165, 1.54) is 0 Å². The van der Waals surface area contributed by atoms with Gasteiger partial charge in [0, 0.05) is 11.9 Å². The molecule has 3 aromatic rings. The van der Waals surface area contributed by atoms with E-state index in [1.54, 1.807) is 0 Å². The number of fused-ring (bicyclic) bond motifs is 1. The number of para-hydroxylation sites is 1. The van der Waals surface area contributed by atoms with Crippen molar-refractivity contribution >= 4 is 22.8 Å². The van der Waals surface area contributed by atoms with Crippen LogP contribution < -0.4 is 5.32 Å². The lowest BCUT2D eigenvalue weighted by molar-refractivity contribution is -0.124. The number of carbonyl (C=O) groups excluding carboxylic acids is 2. The average molecular weight is 376 g/mol. The third-order valence-corrected chi connectivity index (χ3v) is 4.68. The quantitative estimate of drug-likeness (QED) is 0.640. The van der Waals surface area contributed by atoms with E-state index in [0.717, 1.165) is 28.5 Å². The van der Waals surface area contributed by atoms with Crippen LogP contribution in [0.3, 0.4) is 0 Å². The number of pyridine rings is 1. The topological polar surface area (TPSA) is 68.3 Å². The van der Waals surface area contributed by atoms with E-state index in [2.05, 4.69) is 10.3 Å². The van der Waals surface area contributed by atoms with Gasteiger partial charge in [-0.1, -0.05) is 55.5 Å². The minimum atomic E-state index is -0.509. The molecule has 0 fully saturated rings. The first-order valence-electron chi connectivity index (χ1n) is 9.46. The third kappa shape index (κ3) is 4.55. The zero-order valence-corrected chi connectivity index (χ0v) is 16.2. The fraction of sp³-hybridized carbons (Fsp3) is 0.261. The predicted octanol–water partition coefficient (Wildman–Crippen LogP) is 3.62. The van der Waals surface area contributed by atoms with Crippen LogP contribution in [0.2, 0.25) is 0 Å². The molecule has 1 N–H and O–H groups in total. The molecule has 3 rings (SSSR count). The van der Waals surface area contributed by atoms with Gasteiger partial charge >= 0.3 is 5.97 Å². The molecule has 28 heavy (non-hydrogen) atoms. The van der Waals surface area contributed by atoms with Crippen molar-refractivity contribution in [2.75, 3.05) is 13.2 Å². The molecular weight excluding hydrogens is 352 g/mol. The van der Waals surface area contributed by atoms with Gasteiger partial charge in [0.05, 0.1) is 16.8 Å². The number of benzene rings is 2. The normalized spacial score (nSPS) is 10.6. The number of hydrogen-bond acceptors (Lipinski definition) is 4. The van der Waals surface area contributed by atoms with E-state index in [4.69, 9.17) is 4.74 Å². The highest BCUT2D eigenvalue weighted by Gasteiger charge is 2.20. The summed E-state index contributed by atoms with van der Waals surface area (Å²) in [5, 5.41) is 3.69.